The molecule has 0 atom stereocenters. The summed E-state index contributed by atoms with van der Waals surface area (Å²) in [6.07, 6.45) is 1.20. The van der Waals surface area contributed by atoms with E-state index in [4.69, 9.17) is 28.3 Å². The number of rotatable bonds is 6. The van der Waals surface area contributed by atoms with Gasteiger partial charge >= 0.3 is 5.69 Å². The Hall–Kier alpha value is -4.34. The summed E-state index contributed by atoms with van der Waals surface area (Å²) in [5, 5.41) is 16.2. The average Bonchev–Trinajstić information content (AvgIpc) is 3.52. The first-order valence-corrected chi connectivity index (χ1v) is 14.2. The standard InChI is InChI=1S/C31H26Cl2FN5O3/c32-20-11-9-19(10-12-20)28-22(17-25-29(40)36-31(42)35-25)27(37-39(28)26-8-4-2-6-23(26)33)30(41)38-15-13-18(14-16-38)21-5-1-3-7-24(21)34/h1-12,18,40H,13-17H2,(H2,35,36,42). The summed E-state index contributed by atoms with van der Waals surface area (Å²) in [7, 11) is 0. The number of piperidine rings is 1. The summed E-state index contributed by atoms with van der Waals surface area (Å²) in [4.78, 5) is 32.8. The van der Waals surface area contributed by atoms with Crippen LogP contribution in [0, 0.1) is 5.82 Å². The summed E-state index contributed by atoms with van der Waals surface area (Å²) < 4.78 is 16.1. The highest BCUT2D eigenvalue weighted by molar-refractivity contribution is 6.32. The predicted molar refractivity (Wildman–Crippen MR) is 159 cm³/mol. The van der Waals surface area contributed by atoms with Gasteiger partial charge in [0.05, 0.1) is 22.1 Å². The Bertz CT molecular complexity index is 1820. The number of carbonyl (C=O) groups excluding carboxylic acids is 1. The molecule has 6 rings (SSSR count). The molecule has 3 aromatic carbocycles. The first-order valence-electron chi connectivity index (χ1n) is 13.5. The van der Waals surface area contributed by atoms with Crippen LogP contribution in [0.3, 0.4) is 0 Å². The third kappa shape index (κ3) is 5.33. The van der Waals surface area contributed by atoms with Gasteiger partial charge in [-0.3, -0.25) is 9.78 Å². The van der Waals surface area contributed by atoms with Crippen LogP contribution in [-0.4, -0.2) is 48.8 Å². The van der Waals surface area contributed by atoms with Crippen molar-refractivity contribution in [3.05, 3.63) is 122 Å². The quantitative estimate of drug-likeness (QED) is 0.210. The van der Waals surface area contributed by atoms with E-state index in [1.54, 1.807) is 52.0 Å². The van der Waals surface area contributed by atoms with Crippen LogP contribution in [0.2, 0.25) is 10.0 Å². The summed E-state index contributed by atoms with van der Waals surface area (Å²) in [6, 6.07) is 21.0. The molecule has 0 saturated carbocycles. The Balaban J connectivity index is 1.45. The molecule has 1 amide bonds. The van der Waals surface area contributed by atoms with E-state index in [0.717, 1.165) is 0 Å². The molecule has 0 bridgehead atoms. The lowest BCUT2D eigenvalue weighted by atomic mass is 9.89. The second-order valence-electron chi connectivity index (χ2n) is 10.2. The molecule has 0 aliphatic carbocycles. The van der Waals surface area contributed by atoms with E-state index in [2.05, 4.69) is 9.97 Å². The first-order chi connectivity index (χ1) is 20.3. The molecule has 11 heteroatoms. The van der Waals surface area contributed by atoms with Gasteiger partial charge in [-0.25, -0.2) is 13.9 Å². The van der Waals surface area contributed by atoms with E-state index < -0.39 is 5.69 Å². The van der Waals surface area contributed by atoms with Gasteiger partial charge in [0.2, 0.25) is 5.88 Å². The van der Waals surface area contributed by atoms with Crippen molar-refractivity contribution in [3.63, 3.8) is 0 Å². The minimum Gasteiger partial charge on any atom is -0.493 e. The number of hydrogen-bond acceptors (Lipinski definition) is 4. The van der Waals surface area contributed by atoms with Gasteiger partial charge in [0, 0.05) is 35.7 Å². The minimum atomic E-state index is -0.572. The fourth-order valence-electron chi connectivity index (χ4n) is 5.56. The highest BCUT2D eigenvalue weighted by Crippen LogP contribution is 2.36. The number of nitrogens with zero attached hydrogens (tertiary/aromatic N) is 3. The lowest BCUT2D eigenvalue weighted by Gasteiger charge is -2.32. The Morgan fingerprint density at radius 1 is 0.976 bits per heavy atom. The predicted octanol–water partition coefficient (Wildman–Crippen LogP) is 6.32. The molecule has 3 heterocycles. The second-order valence-corrected chi connectivity index (χ2v) is 11.1. The SMILES string of the molecule is O=C(c1nn(-c2ccccc2Cl)c(-c2ccc(Cl)cc2)c1Cc1[nH]c(=O)[nH]c1O)N1CCC(c2ccccc2F)CC1. The van der Waals surface area contributed by atoms with Crippen molar-refractivity contribution in [3.8, 4) is 22.8 Å². The van der Waals surface area contributed by atoms with Crippen molar-refractivity contribution in [2.45, 2.75) is 25.2 Å². The number of likely N-dealkylation sites (tertiary alicyclic amines) is 1. The van der Waals surface area contributed by atoms with Gasteiger partial charge in [-0.2, -0.15) is 5.10 Å². The average molecular weight is 606 g/mol. The molecular formula is C31H26Cl2FN5O3. The molecule has 0 spiro atoms. The van der Waals surface area contributed by atoms with Crippen molar-refractivity contribution in [2.24, 2.45) is 0 Å². The van der Waals surface area contributed by atoms with E-state index in [1.807, 2.05) is 24.3 Å². The Morgan fingerprint density at radius 3 is 2.33 bits per heavy atom. The minimum absolute atomic E-state index is 0.000247. The molecule has 3 N–H and O–H groups in total. The molecule has 1 saturated heterocycles. The van der Waals surface area contributed by atoms with Crippen molar-refractivity contribution in [1.29, 1.82) is 0 Å². The smallest absolute Gasteiger partial charge is 0.325 e. The first kappa shape index (κ1) is 27.8. The largest absolute Gasteiger partial charge is 0.493 e. The number of nitrogens with one attached hydrogen (secondary N) is 2. The molecule has 0 radical (unpaired) electrons. The number of H-pyrrole nitrogens is 2. The topological polar surface area (TPSA) is 107 Å². The number of imidazole rings is 1. The lowest BCUT2D eigenvalue weighted by molar-refractivity contribution is 0.0705. The summed E-state index contributed by atoms with van der Waals surface area (Å²) in [6.45, 7) is 0.831. The van der Waals surface area contributed by atoms with Crippen LogP contribution in [0.4, 0.5) is 4.39 Å². The van der Waals surface area contributed by atoms with E-state index in [9.17, 15) is 19.1 Å². The third-order valence-corrected chi connectivity index (χ3v) is 8.22. The molecule has 2 aromatic heterocycles. The molecule has 1 aliphatic heterocycles. The van der Waals surface area contributed by atoms with Crippen molar-refractivity contribution >= 4 is 29.1 Å². The number of hydrogen-bond donors (Lipinski definition) is 3. The zero-order valence-electron chi connectivity index (χ0n) is 22.3. The van der Waals surface area contributed by atoms with Crippen LogP contribution in [-0.2, 0) is 6.42 Å². The van der Waals surface area contributed by atoms with Crippen LogP contribution in [0.15, 0.2) is 77.6 Å². The van der Waals surface area contributed by atoms with Gasteiger partial charge < -0.3 is 15.0 Å². The maximum Gasteiger partial charge on any atom is 0.325 e. The maximum atomic E-state index is 14.5. The summed E-state index contributed by atoms with van der Waals surface area (Å²) >= 11 is 12.8. The van der Waals surface area contributed by atoms with Gasteiger partial charge in [0.15, 0.2) is 5.69 Å². The fraction of sp³-hybridized carbons (Fsp3) is 0.194. The van der Waals surface area contributed by atoms with E-state index in [-0.39, 0.29) is 41.3 Å². The number of aromatic nitrogens is 4. The number of halogens is 3. The Labute approximate surface area is 250 Å². The van der Waals surface area contributed by atoms with Gasteiger partial charge in [-0.15, -0.1) is 0 Å². The molecule has 0 unspecified atom stereocenters. The third-order valence-electron chi connectivity index (χ3n) is 7.65. The second kappa shape index (κ2) is 11.5. The highest BCUT2D eigenvalue weighted by Gasteiger charge is 2.32. The Morgan fingerprint density at radius 2 is 1.67 bits per heavy atom. The molecule has 5 aromatic rings. The van der Waals surface area contributed by atoms with E-state index in [0.29, 0.717) is 64.0 Å². The van der Waals surface area contributed by atoms with Crippen molar-refractivity contribution < 1.29 is 14.3 Å². The van der Waals surface area contributed by atoms with Crippen LogP contribution >= 0.6 is 23.2 Å². The number of para-hydroxylation sites is 1. The normalized spacial score (nSPS) is 13.9. The number of amides is 1. The van der Waals surface area contributed by atoms with Gasteiger partial charge in [0.1, 0.15) is 5.82 Å². The number of aromatic hydroxyl groups is 1. The molecule has 214 valence electrons. The van der Waals surface area contributed by atoms with Gasteiger partial charge in [0.25, 0.3) is 5.91 Å². The van der Waals surface area contributed by atoms with Crippen molar-refractivity contribution in [2.75, 3.05) is 13.1 Å². The zero-order valence-corrected chi connectivity index (χ0v) is 23.8. The highest BCUT2D eigenvalue weighted by atomic mass is 35.5. The molecule has 1 aliphatic rings. The molecular weight excluding hydrogens is 580 g/mol. The Kier molecular flexibility index (Phi) is 7.62. The lowest BCUT2D eigenvalue weighted by Crippen LogP contribution is -2.38. The zero-order chi connectivity index (χ0) is 29.4. The van der Waals surface area contributed by atoms with Crippen molar-refractivity contribution in [1.82, 2.24) is 24.6 Å². The van der Waals surface area contributed by atoms with Gasteiger partial charge in [-0.05, 0) is 54.7 Å². The maximum absolute atomic E-state index is 14.5. The van der Waals surface area contributed by atoms with Crippen LogP contribution in [0.25, 0.3) is 16.9 Å². The summed E-state index contributed by atoms with van der Waals surface area (Å²) in [5.74, 6) is -0.870. The molecule has 8 nitrogen and oxygen atoms in total. The monoisotopic (exact) mass is 605 g/mol. The van der Waals surface area contributed by atoms with E-state index >= 15 is 0 Å². The molecule has 42 heavy (non-hydrogen) atoms. The fourth-order valence-corrected chi connectivity index (χ4v) is 5.90. The number of aromatic amines is 2. The van der Waals surface area contributed by atoms with E-state index in [1.165, 1.54) is 6.07 Å². The molecule has 1 fully saturated rings. The van der Waals surface area contributed by atoms with Crippen LogP contribution in [0.5, 0.6) is 5.88 Å². The number of benzene rings is 3. The van der Waals surface area contributed by atoms with Gasteiger partial charge in [-0.1, -0.05) is 65.7 Å². The van der Waals surface area contributed by atoms with Crippen LogP contribution < -0.4 is 5.69 Å². The number of carbonyl (C=O) groups is 1. The van der Waals surface area contributed by atoms with Crippen LogP contribution in [0.1, 0.15) is 46.1 Å². The summed E-state index contributed by atoms with van der Waals surface area (Å²) in [5.41, 5.74) is 2.76.